The van der Waals surface area contributed by atoms with Crippen LogP contribution in [0, 0.1) is 10.1 Å². The molecule has 19 heavy (non-hydrogen) atoms. The van der Waals surface area contributed by atoms with Gasteiger partial charge in [-0.2, -0.15) is 0 Å². The topological polar surface area (TPSA) is 94.1 Å². The maximum Gasteiger partial charge on any atom is 0.275 e. The van der Waals surface area contributed by atoms with E-state index < -0.39 is 4.92 Å². The van der Waals surface area contributed by atoms with Crippen molar-refractivity contribution in [1.29, 1.82) is 0 Å². The zero-order valence-electron chi connectivity index (χ0n) is 9.54. The van der Waals surface area contributed by atoms with Gasteiger partial charge in [0.15, 0.2) is 0 Å². The van der Waals surface area contributed by atoms with Gasteiger partial charge in [-0.15, -0.1) is 0 Å². The van der Waals surface area contributed by atoms with E-state index in [2.05, 4.69) is 26.3 Å². The average Bonchev–Trinajstić information content (AvgIpc) is 2.38. The van der Waals surface area contributed by atoms with Gasteiger partial charge in [0.05, 0.1) is 11.0 Å². The molecule has 1 aromatic heterocycles. The van der Waals surface area contributed by atoms with E-state index in [9.17, 15) is 10.1 Å². The van der Waals surface area contributed by atoms with E-state index in [1.54, 1.807) is 0 Å². The van der Waals surface area contributed by atoms with Crippen molar-refractivity contribution in [2.45, 2.75) is 9.92 Å². The Hall–Kier alpha value is -1.64. The van der Waals surface area contributed by atoms with Crippen molar-refractivity contribution in [1.82, 2.24) is 4.98 Å². The second-order valence-corrected chi connectivity index (χ2v) is 5.52. The average molecular weight is 341 g/mol. The molecule has 0 spiro atoms. The van der Waals surface area contributed by atoms with Crippen LogP contribution in [0.5, 0.6) is 0 Å². The normalized spacial score (nSPS) is 10.2. The summed E-state index contributed by atoms with van der Waals surface area (Å²) in [6.07, 6.45) is 0. The van der Waals surface area contributed by atoms with Gasteiger partial charge in [0.25, 0.3) is 5.69 Å². The quantitative estimate of drug-likeness (QED) is 0.504. The van der Waals surface area contributed by atoms with Crippen LogP contribution < -0.4 is 11.3 Å². The lowest BCUT2D eigenvalue weighted by molar-refractivity contribution is -0.385. The Morgan fingerprint density at radius 2 is 2.16 bits per heavy atom. The molecule has 2 rings (SSSR count). The lowest BCUT2D eigenvalue weighted by Crippen LogP contribution is -2.09. The molecule has 0 saturated carbocycles. The highest BCUT2D eigenvalue weighted by molar-refractivity contribution is 9.10. The van der Waals surface area contributed by atoms with Gasteiger partial charge < -0.3 is 5.43 Å². The van der Waals surface area contributed by atoms with E-state index in [1.165, 1.54) is 23.9 Å². The van der Waals surface area contributed by atoms with E-state index in [-0.39, 0.29) is 11.5 Å². The van der Waals surface area contributed by atoms with Crippen LogP contribution in [-0.2, 0) is 0 Å². The third-order valence-electron chi connectivity index (χ3n) is 2.16. The molecule has 2 aromatic rings. The monoisotopic (exact) mass is 340 g/mol. The minimum Gasteiger partial charge on any atom is -0.308 e. The number of halogens is 1. The standard InChI is InChI=1S/C11H9BrN4O2S/c12-7-2-1-3-9(4-7)19-11-6-8(16(17)18)5-10(14-11)15-13/h1-6H,13H2,(H,14,15). The van der Waals surface area contributed by atoms with Crippen LogP contribution in [0.4, 0.5) is 11.5 Å². The summed E-state index contributed by atoms with van der Waals surface area (Å²) in [5, 5.41) is 11.3. The smallest absolute Gasteiger partial charge is 0.275 e. The number of hydrogen-bond acceptors (Lipinski definition) is 6. The number of nitrogens with one attached hydrogen (secondary N) is 1. The molecule has 0 unspecified atom stereocenters. The van der Waals surface area contributed by atoms with Crippen LogP contribution in [0.1, 0.15) is 0 Å². The Bertz CT molecular complexity index is 623. The minimum absolute atomic E-state index is 0.0551. The summed E-state index contributed by atoms with van der Waals surface area (Å²) in [5.74, 6) is 5.51. The first-order chi connectivity index (χ1) is 9.08. The molecule has 1 aromatic carbocycles. The fourth-order valence-corrected chi connectivity index (χ4v) is 2.82. The molecular formula is C11H9BrN4O2S. The first-order valence-corrected chi connectivity index (χ1v) is 6.76. The number of nitrogens with two attached hydrogens (primary N) is 1. The van der Waals surface area contributed by atoms with E-state index in [0.29, 0.717) is 5.03 Å². The van der Waals surface area contributed by atoms with E-state index in [1.807, 2.05) is 24.3 Å². The summed E-state index contributed by atoms with van der Waals surface area (Å²) in [6, 6.07) is 10.3. The van der Waals surface area contributed by atoms with Crippen LogP contribution in [0.3, 0.4) is 0 Å². The number of hydrogen-bond donors (Lipinski definition) is 2. The third-order valence-corrected chi connectivity index (χ3v) is 3.56. The molecule has 0 amide bonds. The van der Waals surface area contributed by atoms with Gasteiger partial charge in [-0.05, 0) is 18.2 Å². The highest BCUT2D eigenvalue weighted by Gasteiger charge is 2.11. The maximum atomic E-state index is 10.8. The molecule has 0 aliphatic heterocycles. The molecule has 1 heterocycles. The highest BCUT2D eigenvalue weighted by Crippen LogP contribution is 2.31. The number of nitro groups is 1. The fourth-order valence-electron chi connectivity index (χ4n) is 1.37. The molecule has 8 heteroatoms. The number of hydrazine groups is 1. The molecule has 0 fully saturated rings. The first kappa shape index (κ1) is 13.8. The van der Waals surface area contributed by atoms with Gasteiger partial charge in [-0.25, -0.2) is 10.8 Å². The lowest BCUT2D eigenvalue weighted by atomic mass is 10.4. The minimum atomic E-state index is -0.479. The Morgan fingerprint density at radius 3 is 2.79 bits per heavy atom. The Morgan fingerprint density at radius 1 is 1.37 bits per heavy atom. The van der Waals surface area contributed by atoms with E-state index >= 15 is 0 Å². The zero-order chi connectivity index (χ0) is 13.8. The number of benzene rings is 1. The van der Waals surface area contributed by atoms with E-state index in [4.69, 9.17) is 5.84 Å². The lowest BCUT2D eigenvalue weighted by Gasteiger charge is -2.04. The zero-order valence-corrected chi connectivity index (χ0v) is 11.9. The van der Waals surface area contributed by atoms with Crippen molar-refractivity contribution in [3.05, 3.63) is 51.0 Å². The molecule has 0 saturated heterocycles. The number of rotatable bonds is 4. The second-order valence-electron chi connectivity index (χ2n) is 3.51. The fraction of sp³-hybridized carbons (Fsp3) is 0. The molecule has 0 aliphatic rings. The van der Waals surface area contributed by atoms with Crippen LogP contribution in [0.25, 0.3) is 0 Å². The van der Waals surface area contributed by atoms with Gasteiger partial charge in [-0.1, -0.05) is 33.8 Å². The first-order valence-electron chi connectivity index (χ1n) is 5.15. The van der Waals surface area contributed by atoms with Crippen molar-refractivity contribution < 1.29 is 4.92 Å². The third kappa shape index (κ3) is 3.66. The maximum absolute atomic E-state index is 10.8. The van der Waals surface area contributed by atoms with Crippen molar-refractivity contribution in [2.75, 3.05) is 5.43 Å². The van der Waals surface area contributed by atoms with Gasteiger partial charge in [0.1, 0.15) is 10.8 Å². The van der Waals surface area contributed by atoms with Gasteiger partial charge in [-0.3, -0.25) is 10.1 Å². The highest BCUT2D eigenvalue weighted by atomic mass is 79.9. The van der Waals surface area contributed by atoms with E-state index in [0.717, 1.165) is 9.37 Å². The Balaban J connectivity index is 2.34. The largest absolute Gasteiger partial charge is 0.308 e. The molecule has 0 aliphatic carbocycles. The number of nitrogen functional groups attached to an aromatic ring is 1. The van der Waals surface area contributed by atoms with Crippen molar-refractivity contribution in [3.63, 3.8) is 0 Å². The summed E-state index contributed by atoms with van der Waals surface area (Å²) >= 11 is 4.69. The Labute approximate surface area is 121 Å². The van der Waals surface area contributed by atoms with Crippen LogP contribution in [-0.4, -0.2) is 9.91 Å². The molecule has 6 nitrogen and oxygen atoms in total. The molecule has 0 radical (unpaired) electrons. The van der Waals surface area contributed by atoms with Crippen molar-refractivity contribution >= 4 is 39.2 Å². The number of anilines is 1. The molecule has 98 valence electrons. The predicted molar refractivity (Wildman–Crippen MR) is 77.0 cm³/mol. The summed E-state index contributed by atoms with van der Waals surface area (Å²) in [6.45, 7) is 0. The van der Waals surface area contributed by atoms with Crippen LogP contribution >= 0.6 is 27.7 Å². The number of nitrogens with zero attached hydrogens (tertiary/aromatic N) is 2. The SMILES string of the molecule is NNc1cc([N+](=O)[O-])cc(Sc2cccc(Br)c2)n1. The summed E-state index contributed by atoms with van der Waals surface area (Å²) < 4.78 is 0.931. The van der Waals surface area contributed by atoms with Crippen LogP contribution in [0.15, 0.2) is 50.8 Å². The second kappa shape index (κ2) is 6.00. The summed E-state index contributed by atoms with van der Waals surface area (Å²) in [4.78, 5) is 15.4. The van der Waals surface area contributed by atoms with Gasteiger partial charge in [0.2, 0.25) is 0 Å². The predicted octanol–water partition coefficient (Wildman–Crippen LogP) is 3.19. The van der Waals surface area contributed by atoms with Gasteiger partial charge >= 0.3 is 0 Å². The molecule has 0 atom stereocenters. The van der Waals surface area contributed by atoms with Crippen molar-refractivity contribution in [3.8, 4) is 0 Å². The summed E-state index contributed by atoms with van der Waals surface area (Å²) in [5.41, 5.74) is 2.27. The molecule has 0 bridgehead atoms. The number of pyridine rings is 1. The Kier molecular flexibility index (Phi) is 4.35. The van der Waals surface area contributed by atoms with Gasteiger partial charge in [0, 0.05) is 15.4 Å². The molecular weight excluding hydrogens is 332 g/mol. The molecule has 3 N–H and O–H groups in total. The number of aromatic nitrogens is 1. The van der Waals surface area contributed by atoms with Crippen molar-refractivity contribution in [2.24, 2.45) is 5.84 Å². The van der Waals surface area contributed by atoms with Crippen LogP contribution in [0.2, 0.25) is 0 Å². The summed E-state index contributed by atoms with van der Waals surface area (Å²) in [7, 11) is 0.